The summed E-state index contributed by atoms with van der Waals surface area (Å²) in [7, 11) is -2.48. The summed E-state index contributed by atoms with van der Waals surface area (Å²) in [6.07, 6.45) is -0.985. The maximum atomic E-state index is 13.9. The van der Waals surface area contributed by atoms with Crippen LogP contribution in [-0.2, 0) is 30.8 Å². The van der Waals surface area contributed by atoms with Crippen LogP contribution in [0.3, 0.4) is 0 Å². The number of aryl methyl sites for hydroxylation is 2. The Balaban J connectivity index is 1.59. The van der Waals surface area contributed by atoms with E-state index in [-0.39, 0.29) is 49.3 Å². The Morgan fingerprint density at radius 1 is 0.918 bits per heavy atom. The smallest absolute Gasteiger partial charge is 0.243 e. The van der Waals surface area contributed by atoms with Gasteiger partial charge in [-0.2, -0.15) is 4.31 Å². The molecule has 3 aromatic carbocycles. The van der Waals surface area contributed by atoms with Crippen molar-refractivity contribution in [3.8, 4) is 5.75 Å². The van der Waals surface area contributed by atoms with Gasteiger partial charge in [-0.05, 0) is 67.1 Å². The van der Waals surface area contributed by atoms with E-state index in [1.807, 2.05) is 76.2 Å². The molecule has 1 saturated heterocycles. The van der Waals surface area contributed by atoms with E-state index in [1.54, 1.807) is 21.9 Å². The maximum absolute atomic E-state index is 13.9. The van der Waals surface area contributed by atoms with Gasteiger partial charge in [-0.3, -0.25) is 9.59 Å². The predicted molar refractivity (Wildman–Crippen MR) is 190 cm³/mol. The zero-order valence-corrected chi connectivity index (χ0v) is 30.0. The van der Waals surface area contributed by atoms with Crippen molar-refractivity contribution in [1.29, 1.82) is 0 Å². The predicted octanol–water partition coefficient (Wildman–Crippen LogP) is 3.41. The van der Waals surface area contributed by atoms with Crippen LogP contribution in [0.5, 0.6) is 5.75 Å². The van der Waals surface area contributed by atoms with Crippen molar-refractivity contribution in [2.45, 2.75) is 51.2 Å². The van der Waals surface area contributed by atoms with Gasteiger partial charge in [0.25, 0.3) is 0 Å². The third kappa shape index (κ3) is 10.5. The van der Waals surface area contributed by atoms with Gasteiger partial charge in [-0.1, -0.05) is 62.4 Å². The number of aliphatic hydroxyl groups excluding tert-OH is 1. The van der Waals surface area contributed by atoms with Gasteiger partial charge in [-0.15, -0.1) is 0 Å². The van der Waals surface area contributed by atoms with Crippen LogP contribution in [0.4, 0.5) is 5.69 Å². The third-order valence-corrected chi connectivity index (χ3v) is 10.4. The van der Waals surface area contributed by atoms with Crippen molar-refractivity contribution < 1.29 is 32.6 Å². The molecule has 0 aromatic heterocycles. The number of nitrogens with zero attached hydrogens (tertiary/aromatic N) is 3. The molecule has 2 atom stereocenters. The third-order valence-electron chi connectivity index (χ3n) is 8.55. The molecule has 2 N–H and O–H groups in total. The van der Waals surface area contributed by atoms with Crippen molar-refractivity contribution in [1.82, 2.24) is 14.5 Å². The van der Waals surface area contributed by atoms with E-state index in [4.69, 9.17) is 9.47 Å². The molecule has 0 aliphatic carbocycles. The fraction of sp³-hybridized carbons (Fsp3) is 0.459. The van der Waals surface area contributed by atoms with Crippen LogP contribution in [-0.4, -0.2) is 106 Å². The first kappa shape index (κ1) is 37.8. The molecule has 0 bridgehead atoms. The van der Waals surface area contributed by atoms with Gasteiger partial charge in [0.05, 0.1) is 50.5 Å². The summed E-state index contributed by atoms with van der Waals surface area (Å²) in [4.78, 5) is 30.9. The number of nitrogens with one attached hydrogen (secondary N) is 1. The van der Waals surface area contributed by atoms with Crippen LogP contribution >= 0.6 is 0 Å². The van der Waals surface area contributed by atoms with Crippen LogP contribution < -0.4 is 15.0 Å². The van der Waals surface area contributed by atoms with Gasteiger partial charge in [0.1, 0.15) is 5.75 Å². The van der Waals surface area contributed by atoms with Crippen molar-refractivity contribution in [2.75, 3.05) is 64.5 Å². The highest BCUT2D eigenvalue weighted by molar-refractivity contribution is 7.89. The molecule has 1 aliphatic heterocycles. The number of sulfonamides is 1. The molecule has 0 radical (unpaired) electrons. The van der Waals surface area contributed by atoms with Gasteiger partial charge in [0.2, 0.25) is 21.8 Å². The van der Waals surface area contributed by atoms with Crippen LogP contribution in [0.25, 0.3) is 0 Å². The molecule has 49 heavy (non-hydrogen) atoms. The number of anilines is 1. The Bertz CT molecular complexity index is 1610. The van der Waals surface area contributed by atoms with E-state index < -0.39 is 28.1 Å². The number of para-hydroxylation sites is 1. The van der Waals surface area contributed by atoms with Gasteiger partial charge in [0, 0.05) is 31.9 Å². The highest BCUT2D eigenvalue weighted by atomic mass is 32.2. The maximum Gasteiger partial charge on any atom is 0.243 e. The van der Waals surface area contributed by atoms with Crippen LogP contribution in [0.15, 0.2) is 77.7 Å². The Kier molecular flexibility index (Phi) is 13.6. The van der Waals surface area contributed by atoms with E-state index in [0.29, 0.717) is 32.1 Å². The fourth-order valence-corrected chi connectivity index (χ4v) is 7.70. The quantitative estimate of drug-likeness (QED) is 0.234. The normalized spacial score (nSPS) is 14.8. The first-order chi connectivity index (χ1) is 23.4. The molecule has 0 saturated carbocycles. The zero-order chi connectivity index (χ0) is 35.6. The van der Waals surface area contributed by atoms with Gasteiger partial charge >= 0.3 is 0 Å². The molecule has 1 heterocycles. The SMILES string of the molecule is COc1ccc(S(=O)(=O)N(CC(C)C)C[C@H](O)[C@H](Cc2ccccc2)NC(=O)CN(CC(=O)N2CCOCC2)c2c(C)cccc2C)cc1. The average molecular weight is 695 g/mol. The average Bonchev–Trinajstić information content (AvgIpc) is 3.08. The van der Waals surface area contributed by atoms with Crippen LogP contribution in [0.1, 0.15) is 30.5 Å². The lowest BCUT2D eigenvalue weighted by Crippen LogP contribution is -2.53. The lowest BCUT2D eigenvalue weighted by molar-refractivity contribution is -0.133. The number of amides is 2. The minimum atomic E-state index is -3.99. The molecule has 11 nitrogen and oxygen atoms in total. The molecule has 4 rings (SSSR count). The second kappa shape index (κ2) is 17.6. The Hall–Kier alpha value is -3.97. The number of carbonyl (C=O) groups is 2. The van der Waals surface area contributed by atoms with E-state index in [1.165, 1.54) is 23.5 Å². The number of methoxy groups -OCH3 is 1. The zero-order valence-electron chi connectivity index (χ0n) is 29.2. The number of hydrogen-bond donors (Lipinski definition) is 2. The summed E-state index contributed by atoms with van der Waals surface area (Å²) in [5.41, 5.74) is 3.52. The van der Waals surface area contributed by atoms with Crippen molar-refractivity contribution >= 4 is 27.5 Å². The molecular formula is C37H50N4O7S. The lowest BCUT2D eigenvalue weighted by Gasteiger charge is -2.33. The first-order valence-corrected chi connectivity index (χ1v) is 18.1. The number of ether oxygens (including phenoxy) is 2. The first-order valence-electron chi connectivity index (χ1n) is 16.7. The fourth-order valence-electron chi connectivity index (χ4n) is 6.08. The molecule has 12 heteroatoms. The standard InChI is InChI=1S/C37H50N4O7S/c1-27(2)23-41(49(45,46)32-16-14-31(47-5)15-17-32)24-34(42)33(22-30-12-7-6-8-13-30)38-35(43)25-40(37-28(3)10-9-11-29(37)4)26-36(44)39-18-20-48-21-19-39/h6-17,27,33-34,42H,18-26H2,1-5H3,(H,38,43)/t33-,34-/m0/s1. The number of morpholine rings is 1. The number of carbonyl (C=O) groups excluding carboxylic acids is 2. The molecule has 0 spiro atoms. The summed E-state index contributed by atoms with van der Waals surface area (Å²) >= 11 is 0. The molecule has 2 amide bonds. The molecular weight excluding hydrogens is 644 g/mol. The Morgan fingerprint density at radius 3 is 2.14 bits per heavy atom. The van der Waals surface area contributed by atoms with Crippen molar-refractivity contribution in [3.05, 3.63) is 89.5 Å². The summed E-state index contributed by atoms with van der Waals surface area (Å²) < 4.78 is 39.6. The van der Waals surface area contributed by atoms with Gasteiger partial charge < -0.3 is 29.7 Å². The Morgan fingerprint density at radius 2 is 1.55 bits per heavy atom. The monoisotopic (exact) mass is 694 g/mol. The van der Waals surface area contributed by atoms with Crippen molar-refractivity contribution in [3.63, 3.8) is 0 Å². The number of rotatable bonds is 16. The second-order valence-corrected chi connectivity index (χ2v) is 14.9. The largest absolute Gasteiger partial charge is 0.497 e. The summed E-state index contributed by atoms with van der Waals surface area (Å²) in [6.45, 7) is 9.41. The van der Waals surface area contributed by atoms with E-state index in [9.17, 15) is 23.1 Å². The minimum Gasteiger partial charge on any atom is -0.497 e. The lowest BCUT2D eigenvalue weighted by atomic mass is 10.0. The van der Waals surface area contributed by atoms with Crippen molar-refractivity contribution in [2.24, 2.45) is 5.92 Å². The molecule has 1 fully saturated rings. The topological polar surface area (TPSA) is 129 Å². The van der Waals surface area contributed by atoms with E-state index in [2.05, 4.69) is 5.32 Å². The molecule has 266 valence electrons. The molecule has 1 aliphatic rings. The molecule has 0 unspecified atom stereocenters. The summed E-state index contributed by atoms with van der Waals surface area (Å²) in [5, 5.41) is 14.7. The Labute approximate surface area is 290 Å². The van der Waals surface area contributed by atoms with Crippen LogP contribution in [0, 0.1) is 19.8 Å². The van der Waals surface area contributed by atoms with E-state index in [0.717, 1.165) is 22.4 Å². The van der Waals surface area contributed by atoms with Gasteiger partial charge in [0.15, 0.2) is 0 Å². The summed E-state index contributed by atoms with van der Waals surface area (Å²) in [5.74, 6) is -0.00238. The number of aliphatic hydroxyl groups is 1. The highest BCUT2D eigenvalue weighted by Gasteiger charge is 2.32. The van der Waals surface area contributed by atoms with E-state index >= 15 is 0 Å². The van der Waals surface area contributed by atoms with Gasteiger partial charge in [-0.25, -0.2) is 8.42 Å². The minimum absolute atomic E-state index is 0.00666. The highest BCUT2D eigenvalue weighted by Crippen LogP contribution is 2.25. The molecule has 3 aromatic rings. The number of benzene rings is 3. The number of hydrogen-bond acceptors (Lipinski definition) is 8. The second-order valence-electron chi connectivity index (χ2n) is 12.9. The van der Waals surface area contributed by atoms with Crippen LogP contribution in [0.2, 0.25) is 0 Å². The summed E-state index contributed by atoms with van der Waals surface area (Å²) in [6, 6.07) is 20.6.